The fourth-order valence-electron chi connectivity index (χ4n) is 3.55. The molecule has 0 spiro atoms. The predicted octanol–water partition coefficient (Wildman–Crippen LogP) is 5.01. The topological polar surface area (TPSA) is 51.5 Å². The number of fused-ring (bicyclic) bond motifs is 1. The second kappa shape index (κ2) is 7.39. The number of Topliss-reactive ketones (excluding diaryl/α,β-unsaturated/α-hetero) is 1. The molecule has 2 heterocycles. The summed E-state index contributed by atoms with van der Waals surface area (Å²) in [5.41, 5.74) is 7.72. The molecule has 0 unspecified atom stereocenters. The summed E-state index contributed by atoms with van der Waals surface area (Å²) in [5.74, 6) is 1.03. The summed E-state index contributed by atoms with van der Waals surface area (Å²) in [6.45, 7) is 3.97. The first-order valence-corrected chi connectivity index (χ1v) is 9.34. The third kappa shape index (κ3) is 3.58. The zero-order valence-corrected chi connectivity index (χ0v) is 16.3. The molecule has 1 aliphatic heterocycles. The first-order valence-electron chi connectivity index (χ1n) is 9.34. The van der Waals surface area contributed by atoms with Gasteiger partial charge in [0.15, 0.2) is 0 Å². The third-order valence-corrected chi connectivity index (χ3v) is 5.06. The minimum atomic E-state index is 0.172. The number of aliphatic imine (C=N–C) groups is 1. The summed E-state index contributed by atoms with van der Waals surface area (Å²) in [5, 5.41) is 0. The lowest BCUT2D eigenvalue weighted by atomic mass is 9.97. The number of hydrogen-bond acceptors (Lipinski definition) is 4. The van der Waals surface area contributed by atoms with Gasteiger partial charge >= 0.3 is 0 Å². The number of nitrogens with zero attached hydrogens (tertiary/aromatic N) is 2. The standard InChI is InChI=1S/C24H22N2O2/c1-15-4-5-18(13-24(15)28-3)17-6-7-22-20(11-17)12-21(27)14-23(26-22)19-8-9-25-16(2)10-19/h4-11,13H,12,14H2,1-3H3. The van der Waals surface area contributed by atoms with Crippen LogP contribution in [-0.4, -0.2) is 23.6 Å². The van der Waals surface area contributed by atoms with Crippen molar-refractivity contribution in [2.75, 3.05) is 7.11 Å². The Kier molecular flexibility index (Phi) is 4.78. The Hall–Kier alpha value is -3.27. The number of hydrogen-bond donors (Lipinski definition) is 0. The summed E-state index contributed by atoms with van der Waals surface area (Å²) in [6.07, 6.45) is 2.49. The van der Waals surface area contributed by atoms with Crippen molar-refractivity contribution in [1.82, 2.24) is 4.98 Å². The van der Waals surface area contributed by atoms with Crippen LogP contribution in [0.5, 0.6) is 5.75 Å². The van der Waals surface area contributed by atoms with Crippen molar-refractivity contribution in [3.8, 4) is 16.9 Å². The minimum absolute atomic E-state index is 0.172. The van der Waals surface area contributed by atoms with E-state index in [1.807, 2.05) is 44.2 Å². The van der Waals surface area contributed by atoms with Crippen LogP contribution in [0.1, 0.15) is 28.8 Å². The Morgan fingerprint density at radius 3 is 2.46 bits per heavy atom. The number of carbonyl (C=O) groups excluding carboxylic acids is 1. The highest BCUT2D eigenvalue weighted by Gasteiger charge is 2.18. The number of aromatic nitrogens is 1. The van der Waals surface area contributed by atoms with Crippen LogP contribution in [0.2, 0.25) is 0 Å². The van der Waals surface area contributed by atoms with Gasteiger partial charge in [-0.2, -0.15) is 0 Å². The molecular weight excluding hydrogens is 348 g/mol. The Balaban J connectivity index is 1.76. The average molecular weight is 370 g/mol. The molecule has 0 atom stereocenters. The van der Waals surface area contributed by atoms with Gasteiger partial charge in [0.2, 0.25) is 0 Å². The summed E-state index contributed by atoms with van der Waals surface area (Å²) >= 11 is 0. The van der Waals surface area contributed by atoms with E-state index in [1.54, 1.807) is 13.3 Å². The zero-order valence-electron chi connectivity index (χ0n) is 16.3. The Labute approximate surface area is 164 Å². The van der Waals surface area contributed by atoms with Crippen LogP contribution >= 0.6 is 0 Å². The fourth-order valence-corrected chi connectivity index (χ4v) is 3.55. The first-order chi connectivity index (χ1) is 13.5. The molecule has 0 radical (unpaired) electrons. The summed E-state index contributed by atoms with van der Waals surface area (Å²) in [4.78, 5) is 21.7. The molecule has 0 fully saturated rings. The summed E-state index contributed by atoms with van der Waals surface area (Å²) < 4.78 is 5.45. The van der Waals surface area contributed by atoms with Crippen molar-refractivity contribution >= 4 is 17.2 Å². The van der Waals surface area contributed by atoms with Crippen molar-refractivity contribution in [1.29, 1.82) is 0 Å². The number of benzene rings is 2. The van der Waals surface area contributed by atoms with Crippen molar-refractivity contribution < 1.29 is 9.53 Å². The number of ether oxygens (including phenoxy) is 1. The third-order valence-electron chi connectivity index (χ3n) is 5.06. The van der Waals surface area contributed by atoms with E-state index in [4.69, 9.17) is 9.73 Å². The van der Waals surface area contributed by atoms with Gasteiger partial charge < -0.3 is 4.74 Å². The number of ketones is 1. The van der Waals surface area contributed by atoms with Crippen molar-refractivity contribution in [3.05, 3.63) is 77.1 Å². The van der Waals surface area contributed by atoms with Crippen molar-refractivity contribution in [2.24, 2.45) is 4.99 Å². The molecule has 4 heteroatoms. The normalized spacial score (nSPS) is 13.5. The van der Waals surface area contributed by atoms with E-state index in [0.29, 0.717) is 12.8 Å². The SMILES string of the molecule is COc1cc(-c2ccc3c(c2)CC(=O)CC(c2ccnc(C)c2)=N3)ccc1C. The fraction of sp³-hybridized carbons (Fsp3) is 0.208. The molecule has 3 aromatic rings. The molecule has 0 aliphatic carbocycles. The molecule has 0 saturated heterocycles. The molecule has 1 aromatic heterocycles. The quantitative estimate of drug-likeness (QED) is 0.651. The predicted molar refractivity (Wildman–Crippen MR) is 112 cm³/mol. The first kappa shape index (κ1) is 18.1. The molecule has 0 N–H and O–H groups in total. The number of pyridine rings is 1. The Morgan fingerprint density at radius 2 is 1.68 bits per heavy atom. The average Bonchev–Trinajstić information content (AvgIpc) is 2.85. The van der Waals surface area contributed by atoms with Gasteiger partial charge in [-0.3, -0.25) is 14.8 Å². The smallest absolute Gasteiger partial charge is 0.143 e. The molecule has 2 aromatic carbocycles. The van der Waals surface area contributed by atoms with E-state index in [9.17, 15) is 4.79 Å². The minimum Gasteiger partial charge on any atom is -0.496 e. The Bertz CT molecular complexity index is 1100. The monoisotopic (exact) mass is 370 g/mol. The number of methoxy groups -OCH3 is 1. The van der Waals surface area contributed by atoms with Gasteiger partial charge in [-0.1, -0.05) is 18.2 Å². The highest BCUT2D eigenvalue weighted by molar-refractivity contribution is 6.13. The van der Waals surface area contributed by atoms with Crippen molar-refractivity contribution in [2.45, 2.75) is 26.7 Å². The van der Waals surface area contributed by atoms with E-state index in [1.165, 1.54) is 0 Å². The maximum absolute atomic E-state index is 12.6. The van der Waals surface area contributed by atoms with E-state index >= 15 is 0 Å². The van der Waals surface area contributed by atoms with Gasteiger partial charge in [0.05, 0.1) is 18.5 Å². The van der Waals surface area contributed by atoms with E-state index in [2.05, 4.69) is 23.2 Å². The Morgan fingerprint density at radius 1 is 0.893 bits per heavy atom. The lowest BCUT2D eigenvalue weighted by molar-refractivity contribution is -0.117. The van der Waals surface area contributed by atoms with Gasteiger partial charge in [0.1, 0.15) is 11.5 Å². The largest absolute Gasteiger partial charge is 0.496 e. The van der Waals surface area contributed by atoms with Crippen LogP contribution in [-0.2, 0) is 11.2 Å². The molecule has 4 nitrogen and oxygen atoms in total. The van der Waals surface area contributed by atoms with Gasteiger partial charge in [-0.15, -0.1) is 0 Å². The molecule has 0 amide bonds. The van der Waals surface area contributed by atoms with Crippen LogP contribution in [0.15, 0.2) is 59.7 Å². The molecule has 1 aliphatic rings. The maximum Gasteiger partial charge on any atom is 0.143 e. The van der Waals surface area contributed by atoms with Gasteiger partial charge in [-0.25, -0.2) is 0 Å². The van der Waals surface area contributed by atoms with Gasteiger partial charge in [0, 0.05) is 24.7 Å². The van der Waals surface area contributed by atoms with Gasteiger partial charge in [-0.05, 0) is 72.0 Å². The number of rotatable bonds is 3. The van der Waals surface area contributed by atoms with Crippen LogP contribution in [0.3, 0.4) is 0 Å². The maximum atomic E-state index is 12.6. The summed E-state index contributed by atoms with van der Waals surface area (Å²) in [7, 11) is 1.68. The van der Waals surface area contributed by atoms with Crippen LogP contribution in [0, 0.1) is 13.8 Å². The lowest BCUT2D eigenvalue weighted by Crippen LogP contribution is -2.09. The van der Waals surface area contributed by atoms with E-state index < -0.39 is 0 Å². The molecule has 4 rings (SSSR count). The highest BCUT2D eigenvalue weighted by Crippen LogP contribution is 2.32. The van der Waals surface area contributed by atoms with E-state index in [0.717, 1.165) is 50.7 Å². The molecule has 0 saturated carbocycles. The van der Waals surface area contributed by atoms with Crippen LogP contribution in [0.4, 0.5) is 5.69 Å². The van der Waals surface area contributed by atoms with Gasteiger partial charge in [0.25, 0.3) is 0 Å². The van der Waals surface area contributed by atoms with E-state index in [-0.39, 0.29) is 5.78 Å². The molecule has 140 valence electrons. The number of carbonyl (C=O) groups is 1. The second-order valence-electron chi connectivity index (χ2n) is 7.16. The van der Waals surface area contributed by atoms with Crippen LogP contribution < -0.4 is 4.74 Å². The number of aryl methyl sites for hydroxylation is 2. The molecular formula is C24H22N2O2. The molecule has 28 heavy (non-hydrogen) atoms. The lowest BCUT2D eigenvalue weighted by Gasteiger charge is -2.10. The second-order valence-corrected chi connectivity index (χ2v) is 7.16. The summed E-state index contributed by atoms with van der Waals surface area (Å²) in [6, 6.07) is 16.2. The highest BCUT2D eigenvalue weighted by atomic mass is 16.5. The van der Waals surface area contributed by atoms with Crippen LogP contribution in [0.25, 0.3) is 11.1 Å². The molecule has 0 bridgehead atoms. The van der Waals surface area contributed by atoms with Crippen molar-refractivity contribution in [3.63, 3.8) is 0 Å². The zero-order chi connectivity index (χ0) is 19.7.